The molecule has 0 saturated carbocycles. The number of para-hydroxylation sites is 2. The maximum Gasteiger partial charge on any atom is 0.308 e. The maximum atomic E-state index is 12.4. The lowest BCUT2D eigenvalue weighted by molar-refractivity contribution is -0.154. The highest BCUT2D eigenvalue weighted by Crippen LogP contribution is 2.33. The maximum absolute atomic E-state index is 12.4. The molecular formula is C19H26N2O5. The second kappa shape index (κ2) is 8.69. The zero-order chi connectivity index (χ0) is 19.3. The molecule has 1 heterocycles. The highest BCUT2D eigenvalue weighted by molar-refractivity contribution is 6.00. The Morgan fingerprint density at radius 2 is 1.96 bits per heavy atom. The van der Waals surface area contributed by atoms with Crippen LogP contribution in [0.25, 0.3) is 0 Å². The van der Waals surface area contributed by atoms with Crippen molar-refractivity contribution in [2.75, 3.05) is 18.0 Å². The highest BCUT2D eigenvalue weighted by Gasteiger charge is 2.31. The van der Waals surface area contributed by atoms with Crippen molar-refractivity contribution < 1.29 is 23.9 Å². The van der Waals surface area contributed by atoms with Gasteiger partial charge in [-0.25, -0.2) is 0 Å². The Kier molecular flexibility index (Phi) is 6.60. The fourth-order valence-corrected chi connectivity index (χ4v) is 2.55. The Balaban J connectivity index is 1.90. The van der Waals surface area contributed by atoms with Crippen LogP contribution in [0.2, 0.25) is 0 Å². The lowest BCUT2D eigenvalue weighted by Crippen LogP contribution is -2.45. The molecule has 142 valence electrons. The molecule has 2 unspecified atom stereocenters. The standard InChI is InChI=1S/C19H26N2O5/c1-12(2)11-20-18(23)13(3)26-17(22)9-10-21-15-7-5-6-8-16(15)25-14(4)19(21)24/h5-8,12-14H,9-11H2,1-4H3,(H,20,23). The monoisotopic (exact) mass is 362 g/mol. The van der Waals surface area contributed by atoms with Gasteiger partial charge in [-0.3, -0.25) is 14.4 Å². The van der Waals surface area contributed by atoms with E-state index in [-0.39, 0.29) is 24.8 Å². The average Bonchev–Trinajstić information content (AvgIpc) is 2.59. The summed E-state index contributed by atoms with van der Waals surface area (Å²) in [5.41, 5.74) is 0.631. The number of carbonyl (C=O) groups excluding carboxylic acids is 3. The van der Waals surface area contributed by atoms with Crippen LogP contribution in [-0.4, -0.2) is 43.1 Å². The summed E-state index contributed by atoms with van der Waals surface area (Å²) < 4.78 is 10.7. The van der Waals surface area contributed by atoms with Crippen LogP contribution in [0.1, 0.15) is 34.1 Å². The van der Waals surface area contributed by atoms with Crippen LogP contribution in [0.3, 0.4) is 0 Å². The molecular weight excluding hydrogens is 336 g/mol. The zero-order valence-electron chi connectivity index (χ0n) is 15.7. The molecule has 1 aromatic rings. The van der Waals surface area contributed by atoms with E-state index in [1.165, 1.54) is 11.8 Å². The number of anilines is 1. The van der Waals surface area contributed by atoms with E-state index < -0.39 is 18.2 Å². The third-order valence-electron chi connectivity index (χ3n) is 3.98. The molecule has 0 radical (unpaired) electrons. The number of ether oxygens (including phenoxy) is 2. The number of fused-ring (bicyclic) bond motifs is 1. The largest absolute Gasteiger partial charge is 0.479 e. The Morgan fingerprint density at radius 3 is 2.65 bits per heavy atom. The van der Waals surface area contributed by atoms with Crippen LogP contribution >= 0.6 is 0 Å². The molecule has 26 heavy (non-hydrogen) atoms. The number of nitrogens with one attached hydrogen (secondary N) is 1. The van der Waals surface area contributed by atoms with Gasteiger partial charge in [-0.2, -0.15) is 0 Å². The number of hydrogen-bond acceptors (Lipinski definition) is 5. The van der Waals surface area contributed by atoms with Gasteiger partial charge in [-0.05, 0) is 31.9 Å². The molecule has 0 bridgehead atoms. The Bertz CT molecular complexity index is 674. The zero-order valence-corrected chi connectivity index (χ0v) is 15.7. The van der Waals surface area contributed by atoms with Crippen LogP contribution in [-0.2, 0) is 19.1 Å². The summed E-state index contributed by atoms with van der Waals surface area (Å²) in [6, 6.07) is 7.18. The number of amides is 2. The summed E-state index contributed by atoms with van der Waals surface area (Å²) in [7, 11) is 0. The number of rotatable bonds is 7. The summed E-state index contributed by atoms with van der Waals surface area (Å²) in [5.74, 6) is -0.139. The van der Waals surface area contributed by atoms with Gasteiger partial charge in [0.25, 0.3) is 11.8 Å². The molecule has 0 spiro atoms. The normalized spacial score (nSPS) is 17.3. The summed E-state index contributed by atoms with van der Waals surface area (Å²) in [6.45, 7) is 7.86. The first kappa shape index (κ1) is 19.8. The average molecular weight is 362 g/mol. The molecule has 0 saturated heterocycles. The van der Waals surface area contributed by atoms with Gasteiger partial charge in [0.1, 0.15) is 5.75 Å². The van der Waals surface area contributed by atoms with Crippen molar-refractivity contribution in [3.05, 3.63) is 24.3 Å². The molecule has 7 heteroatoms. The summed E-state index contributed by atoms with van der Waals surface area (Å²) in [6.07, 6.45) is -1.48. The second-order valence-electron chi connectivity index (χ2n) is 6.74. The van der Waals surface area contributed by atoms with E-state index in [4.69, 9.17) is 9.47 Å². The number of esters is 1. The smallest absolute Gasteiger partial charge is 0.308 e. The third-order valence-corrected chi connectivity index (χ3v) is 3.98. The molecule has 0 fully saturated rings. The van der Waals surface area contributed by atoms with E-state index in [1.54, 1.807) is 25.1 Å². The summed E-state index contributed by atoms with van der Waals surface area (Å²) >= 11 is 0. The fourth-order valence-electron chi connectivity index (χ4n) is 2.55. The predicted molar refractivity (Wildman–Crippen MR) is 96.9 cm³/mol. The minimum Gasteiger partial charge on any atom is -0.479 e. The molecule has 1 aliphatic rings. The van der Waals surface area contributed by atoms with E-state index in [1.807, 2.05) is 19.9 Å². The van der Waals surface area contributed by atoms with Gasteiger partial charge >= 0.3 is 5.97 Å². The molecule has 1 aromatic carbocycles. The lowest BCUT2D eigenvalue weighted by Gasteiger charge is -2.32. The second-order valence-corrected chi connectivity index (χ2v) is 6.74. The van der Waals surface area contributed by atoms with Gasteiger partial charge in [0.15, 0.2) is 12.2 Å². The molecule has 2 rings (SSSR count). The van der Waals surface area contributed by atoms with E-state index in [2.05, 4.69) is 5.32 Å². The van der Waals surface area contributed by atoms with E-state index in [0.717, 1.165) is 0 Å². The van der Waals surface area contributed by atoms with E-state index in [9.17, 15) is 14.4 Å². The SMILES string of the molecule is CC(C)CNC(=O)C(C)OC(=O)CCN1C(=O)C(C)Oc2ccccc21. The van der Waals surface area contributed by atoms with Crippen LogP contribution in [0.4, 0.5) is 5.69 Å². The molecule has 2 amide bonds. The van der Waals surface area contributed by atoms with Gasteiger partial charge in [0.05, 0.1) is 12.1 Å². The van der Waals surface area contributed by atoms with E-state index >= 15 is 0 Å². The van der Waals surface area contributed by atoms with Crippen molar-refractivity contribution in [3.63, 3.8) is 0 Å². The van der Waals surface area contributed by atoms with Gasteiger partial charge in [-0.1, -0.05) is 26.0 Å². The van der Waals surface area contributed by atoms with Crippen LogP contribution in [0.15, 0.2) is 24.3 Å². The topological polar surface area (TPSA) is 84.9 Å². The van der Waals surface area contributed by atoms with Gasteiger partial charge in [0, 0.05) is 13.1 Å². The molecule has 7 nitrogen and oxygen atoms in total. The van der Waals surface area contributed by atoms with E-state index in [0.29, 0.717) is 23.9 Å². The minimum absolute atomic E-state index is 0.00536. The molecule has 0 aliphatic carbocycles. The van der Waals surface area contributed by atoms with Gasteiger partial charge in [0.2, 0.25) is 0 Å². The van der Waals surface area contributed by atoms with Crippen LogP contribution in [0.5, 0.6) is 5.75 Å². The van der Waals surface area contributed by atoms with Crippen LogP contribution < -0.4 is 15.0 Å². The lowest BCUT2D eigenvalue weighted by atomic mass is 10.2. The molecule has 1 N–H and O–H groups in total. The van der Waals surface area contributed by atoms with Crippen LogP contribution in [0, 0.1) is 5.92 Å². The number of carbonyl (C=O) groups is 3. The van der Waals surface area contributed by atoms with Crippen molar-refractivity contribution in [3.8, 4) is 5.75 Å². The summed E-state index contributed by atoms with van der Waals surface area (Å²) in [4.78, 5) is 37.8. The number of nitrogens with zero attached hydrogens (tertiary/aromatic N) is 1. The number of hydrogen-bond donors (Lipinski definition) is 1. The first-order valence-corrected chi connectivity index (χ1v) is 8.83. The van der Waals surface area contributed by atoms with Crippen molar-refractivity contribution in [1.82, 2.24) is 5.32 Å². The number of benzene rings is 1. The Hall–Kier alpha value is -2.57. The summed E-state index contributed by atoms with van der Waals surface area (Å²) in [5, 5.41) is 2.72. The van der Waals surface area contributed by atoms with Crippen molar-refractivity contribution in [1.29, 1.82) is 0 Å². The molecule has 1 aliphatic heterocycles. The molecule has 2 atom stereocenters. The third kappa shape index (κ3) is 4.97. The first-order chi connectivity index (χ1) is 12.3. The fraction of sp³-hybridized carbons (Fsp3) is 0.526. The minimum atomic E-state index is -0.868. The molecule has 0 aromatic heterocycles. The quantitative estimate of drug-likeness (QED) is 0.749. The van der Waals surface area contributed by atoms with Gasteiger partial charge < -0.3 is 19.7 Å². The Morgan fingerprint density at radius 1 is 1.27 bits per heavy atom. The van der Waals surface area contributed by atoms with Crippen molar-refractivity contribution >= 4 is 23.5 Å². The Labute approximate surface area is 153 Å². The first-order valence-electron chi connectivity index (χ1n) is 8.83. The van der Waals surface area contributed by atoms with Crippen molar-refractivity contribution in [2.24, 2.45) is 5.92 Å². The van der Waals surface area contributed by atoms with Gasteiger partial charge in [-0.15, -0.1) is 0 Å². The predicted octanol–water partition coefficient (Wildman–Crippen LogP) is 1.89. The van der Waals surface area contributed by atoms with Crippen molar-refractivity contribution in [2.45, 2.75) is 46.3 Å². The highest BCUT2D eigenvalue weighted by atomic mass is 16.5.